The highest BCUT2D eigenvalue weighted by atomic mass is 32.2. The Balaban J connectivity index is 2.29. The summed E-state index contributed by atoms with van der Waals surface area (Å²) in [6.07, 6.45) is 10.6. The molecular formula is C21H23N5S. The molecule has 0 atom stereocenters. The molecule has 27 heavy (non-hydrogen) atoms. The van der Waals surface area contributed by atoms with Gasteiger partial charge in [-0.25, -0.2) is 4.98 Å². The fourth-order valence-electron chi connectivity index (χ4n) is 2.67. The van der Waals surface area contributed by atoms with Crippen molar-refractivity contribution in [1.29, 1.82) is 0 Å². The number of thioether (sulfide) groups is 1. The maximum atomic E-state index is 4.80. The molecule has 0 saturated heterocycles. The third-order valence-corrected chi connectivity index (χ3v) is 4.79. The van der Waals surface area contributed by atoms with Crippen LogP contribution in [0.2, 0.25) is 0 Å². The van der Waals surface area contributed by atoms with E-state index in [2.05, 4.69) is 47.6 Å². The number of hydrogen-bond acceptors (Lipinski definition) is 5. The van der Waals surface area contributed by atoms with Gasteiger partial charge in [0.25, 0.3) is 5.78 Å². The van der Waals surface area contributed by atoms with Crippen molar-refractivity contribution in [3.8, 4) is 11.3 Å². The summed E-state index contributed by atoms with van der Waals surface area (Å²) in [5, 5.41) is 5.28. The maximum Gasteiger partial charge on any atom is 0.254 e. The lowest BCUT2D eigenvalue weighted by Crippen LogP contribution is -2.01. The Morgan fingerprint density at radius 2 is 1.93 bits per heavy atom. The number of nitrogens with zero attached hydrogens (tertiary/aromatic N) is 5. The third kappa shape index (κ3) is 4.17. The van der Waals surface area contributed by atoms with Gasteiger partial charge in [0.1, 0.15) is 0 Å². The smallest absolute Gasteiger partial charge is 0.254 e. The predicted octanol–water partition coefficient (Wildman–Crippen LogP) is 5.22. The minimum atomic E-state index is 0.591. The molecule has 0 aromatic carbocycles. The largest absolute Gasteiger partial charge is 0.265 e. The van der Waals surface area contributed by atoms with Crippen LogP contribution >= 0.6 is 11.8 Å². The second-order valence-corrected chi connectivity index (χ2v) is 7.07. The molecule has 0 aliphatic rings. The molecule has 6 heteroatoms. The number of allylic oxidation sites excluding steroid dienone is 5. The van der Waals surface area contributed by atoms with Crippen molar-refractivity contribution in [2.45, 2.75) is 32.3 Å². The summed E-state index contributed by atoms with van der Waals surface area (Å²) in [6.45, 7) is 10.2. The average Bonchev–Trinajstić information content (AvgIpc) is 3.11. The lowest BCUT2D eigenvalue weighted by molar-refractivity contribution is 0.885. The van der Waals surface area contributed by atoms with Gasteiger partial charge in [-0.2, -0.15) is 9.50 Å². The molecule has 0 N–H and O–H groups in total. The lowest BCUT2D eigenvalue weighted by Gasteiger charge is -2.10. The molecule has 0 aliphatic carbocycles. The van der Waals surface area contributed by atoms with Gasteiger partial charge in [-0.3, -0.25) is 4.98 Å². The van der Waals surface area contributed by atoms with Crippen LogP contribution in [0.25, 0.3) is 22.6 Å². The number of rotatable bonds is 6. The number of hydrogen-bond donors (Lipinski definition) is 0. The predicted molar refractivity (Wildman–Crippen MR) is 113 cm³/mol. The van der Waals surface area contributed by atoms with Crippen molar-refractivity contribution in [2.75, 3.05) is 6.26 Å². The van der Waals surface area contributed by atoms with Gasteiger partial charge in [0, 0.05) is 18.0 Å². The summed E-state index contributed by atoms with van der Waals surface area (Å²) in [7, 11) is 0. The minimum absolute atomic E-state index is 0.591. The van der Waals surface area contributed by atoms with Crippen LogP contribution in [0.15, 0.2) is 65.6 Å². The summed E-state index contributed by atoms with van der Waals surface area (Å²) in [4.78, 5) is 13.5. The van der Waals surface area contributed by atoms with Crippen molar-refractivity contribution in [3.63, 3.8) is 0 Å². The highest BCUT2D eigenvalue weighted by molar-refractivity contribution is 7.98. The molecule has 0 spiro atoms. The second kappa shape index (κ2) is 8.31. The van der Waals surface area contributed by atoms with E-state index in [9.17, 15) is 0 Å². The summed E-state index contributed by atoms with van der Waals surface area (Å²) in [6, 6.07) is 6.01. The van der Waals surface area contributed by atoms with Gasteiger partial charge in [0.15, 0.2) is 0 Å². The zero-order valence-electron chi connectivity index (χ0n) is 16.1. The second-order valence-electron chi connectivity index (χ2n) is 6.30. The van der Waals surface area contributed by atoms with E-state index in [0.29, 0.717) is 10.9 Å². The Bertz CT molecular complexity index is 1030. The molecule has 3 aromatic rings. The fraction of sp³-hybridized carbons (Fsp3) is 0.238. The minimum Gasteiger partial charge on any atom is -0.265 e. The van der Waals surface area contributed by atoms with Crippen LogP contribution in [0.3, 0.4) is 0 Å². The molecule has 0 unspecified atom stereocenters. The van der Waals surface area contributed by atoms with Crippen LogP contribution in [-0.4, -0.2) is 30.8 Å². The Hall–Kier alpha value is -2.73. The molecule has 3 heterocycles. The van der Waals surface area contributed by atoms with Crippen LogP contribution in [0.1, 0.15) is 32.9 Å². The van der Waals surface area contributed by atoms with E-state index in [1.165, 1.54) is 17.3 Å². The molecule has 0 aliphatic heterocycles. The molecule has 0 fully saturated rings. The van der Waals surface area contributed by atoms with Gasteiger partial charge < -0.3 is 0 Å². The van der Waals surface area contributed by atoms with E-state index in [1.807, 2.05) is 31.4 Å². The molecule has 3 aromatic heterocycles. The van der Waals surface area contributed by atoms with Gasteiger partial charge in [-0.05, 0) is 50.3 Å². The third-order valence-electron chi connectivity index (χ3n) is 4.25. The first-order valence-corrected chi connectivity index (χ1v) is 10.0. The van der Waals surface area contributed by atoms with Crippen molar-refractivity contribution >= 4 is 23.1 Å². The number of pyridine rings is 1. The van der Waals surface area contributed by atoms with Crippen molar-refractivity contribution in [3.05, 3.63) is 66.2 Å². The summed E-state index contributed by atoms with van der Waals surface area (Å²) in [5.41, 5.74) is 6.19. The van der Waals surface area contributed by atoms with Crippen LogP contribution in [0.4, 0.5) is 0 Å². The monoisotopic (exact) mass is 377 g/mol. The van der Waals surface area contributed by atoms with Gasteiger partial charge in [0.05, 0.1) is 11.4 Å². The quantitative estimate of drug-likeness (QED) is 0.435. The molecule has 0 bridgehead atoms. The number of aromatic nitrogens is 5. The van der Waals surface area contributed by atoms with Crippen molar-refractivity contribution in [2.24, 2.45) is 0 Å². The van der Waals surface area contributed by atoms with Gasteiger partial charge >= 0.3 is 0 Å². The van der Waals surface area contributed by atoms with E-state index in [4.69, 9.17) is 4.98 Å². The molecule has 3 rings (SSSR count). The summed E-state index contributed by atoms with van der Waals surface area (Å²) in [5.74, 6) is 0.591. The highest BCUT2D eigenvalue weighted by Crippen LogP contribution is 2.27. The topological polar surface area (TPSA) is 56.0 Å². The zero-order valence-corrected chi connectivity index (χ0v) is 16.9. The van der Waals surface area contributed by atoms with E-state index in [0.717, 1.165) is 34.5 Å². The lowest BCUT2D eigenvalue weighted by atomic mass is 10.0. The van der Waals surface area contributed by atoms with Crippen LogP contribution in [-0.2, 0) is 0 Å². The first-order valence-electron chi connectivity index (χ1n) is 8.79. The number of fused-ring (bicyclic) bond motifs is 1. The highest BCUT2D eigenvalue weighted by Gasteiger charge is 2.15. The Morgan fingerprint density at radius 1 is 1.19 bits per heavy atom. The molecule has 5 nitrogen and oxygen atoms in total. The van der Waals surface area contributed by atoms with E-state index in [-0.39, 0.29) is 0 Å². The molecule has 0 amide bonds. The SMILES string of the molecule is C=C(C)/C=C\C(=C(/C)CC)c1cc(-c2ccncc2)n2nc(SC)nc2n1. The standard InChI is InChI=1S/C21H23N5S/c1-6-15(4)17(8-7-14(2)3)18-13-19(16-9-11-22-12-10-16)26-20(23-18)24-21(25-26)27-5/h7-13H,2,6H2,1,3-5H3/b8-7-,17-15-. The van der Waals surface area contributed by atoms with Gasteiger partial charge in [-0.15, -0.1) is 5.10 Å². The van der Waals surface area contributed by atoms with Gasteiger partial charge in [-0.1, -0.05) is 48.6 Å². The zero-order chi connectivity index (χ0) is 19.4. The molecule has 0 radical (unpaired) electrons. The maximum absolute atomic E-state index is 4.80. The first kappa shape index (κ1) is 19.0. The fourth-order valence-corrected chi connectivity index (χ4v) is 3.00. The normalized spacial score (nSPS) is 12.6. The Labute approximate surface area is 164 Å². The van der Waals surface area contributed by atoms with E-state index < -0.39 is 0 Å². The average molecular weight is 378 g/mol. The molecule has 138 valence electrons. The van der Waals surface area contributed by atoms with Crippen LogP contribution in [0, 0.1) is 0 Å². The summed E-state index contributed by atoms with van der Waals surface area (Å²) < 4.78 is 1.80. The first-order chi connectivity index (χ1) is 13.0. The van der Waals surface area contributed by atoms with Crippen LogP contribution < -0.4 is 0 Å². The molecule has 0 saturated carbocycles. The van der Waals surface area contributed by atoms with E-state index >= 15 is 0 Å². The Morgan fingerprint density at radius 3 is 2.56 bits per heavy atom. The van der Waals surface area contributed by atoms with Crippen molar-refractivity contribution < 1.29 is 0 Å². The summed E-state index contributed by atoms with van der Waals surface area (Å²) >= 11 is 1.50. The Kier molecular flexibility index (Phi) is 5.86. The van der Waals surface area contributed by atoms with Crippen LogP contribution in [0.5, 0.6) is 0 Å². The van der Waals surface area contributed by atoms with Gasteiger partial charge in [0.2, 0.25) is 5.16 Å². The molecular weight excluding hydrogens is 354 g/mol. The van der Waals surface area contributed by atoms with E-state index in [1.54, 1.807) is 16.9 Å². The van der Waals surface area contributed by atoms with Crippen molar-refractivity contribution in [1.82, 2.24) is 24.6 Å².